The summed E-state index contributed by atoms with van der Waals surface area (Å²) in [7, 11) is 8.24. The summed E-state index contributed by atoms with van der Waals surface area (Å²) in [6, 6.07) is 0. The van der Waals surface area contributed by atoms with Gasteiger partial charge in [-0.3, -0.25) is 0 Å². The van der Waals surface area contributed by atoms with E-state index in [1.807, 2.05) is 6.66 Å². The van der Waals surface area contributed by atoms with E-state index in [1.165, 1.54) is 0 Å². The van der Waals surface area contributed by atoms with Crippen molar-refractivity contribution in [3.05, 3.63) is 23.4 Å². The van der Waals surface area contributed by atoms with E-state index in [4.69, 9.17) is 5.48 Å². The van der Waals surface area contributed by atoms with Gasteiger partial charge in [-0.2, -0.15) is 35.2 Å². The van der Waals surface area contributed by atoms with Crippen LogP contribution in [-0.4, -0.2) is 53.8 Å². The van der Waals surface area contributed by atoms with Crippen molar-refractivity contribution >= 4 is 7.92 Å². The molecule has 0 radical (unpaired) electrons. The predicted octanol–water partition coefficient (Wildman–Crippen LogP) is 4.69. The summed E-state index contributed by atoms with van der Waals surface area (Å²) in [5.74, 6) is 0. The topological polar surface area (TPSA) is 42.3 Å². The van der Waals surface area contributed by atoms with Crippen LogP contribution in [0.5, 0.6) is 0 Å². The molecule has 5 unspecified atom stereocenters. The fourth-order valence-corrected chi connectivity index (χ4v) is 2.45. The van der Waals surface area contributed by atoms with E-state index in [0.717, 1.165) is 0 Å². The third-order valence-corrected chi connectivity index (χ3v) is 3.69. The zero-order valence-corrected chi connectivity index (χ0v) is 17.4. The van der Waals surface area contributed by atoms with Gasteiger partial charge in [-0.25, -0.2) is 0 Å². The molecule has 0 aromatic carbocycles. The summed E-state index contributed by atoms with van der Waals surface area (Å²) in [6.45, 7) is 2.03. The molecule has 18 heavy (non-hydrogen) atoms. The third kappa shape index (κ3) is 19.5. The smallest absolute Gasteiger partial charge is 0.668 e. The fraction of sp³-hybridized carbons (Fsp3) is 0.923. The van der Waals surface area contributed by atoms with Crippen LogP contribution in [0.1, 0.15) is 31.1 Å². The normalized spacial score (nSPS) is 37.6. The van der Waals surface area contributed by atoms with Gasteiger partial charge in [0.1, 0.15) is 0 Å². The van der Waals surface area contributed by atoms with Gasteiger partial charge in [0.05, 0.1) is 0 Å². The van der Waals surface area contributed by atoms with Crippen LogP contribution in [0.2, 0.25) is 0 Å². The van der Waals surface area contributed by atoms with Gasteiger partial charge >= 0.3 is 25.8 Å². The first-order valence-corrected chi connectivity index (χ1v) is 7.28. The minimum Gasteiger partial charge on any atom is -0.668 e. The molecule has 0 amide bonds. The molecule has 1 fully saturated rings. The van der Waals surface area contributed by atoms with Crippen molar-refractivity contribution in [1.82, 2.24) is 0 Å². The van der Waals surface area contributed by atoms with Crippen LogP contribution in [0.15, 0.2) is 0 Å². The zero-order chi connectivity index (χ0) is 16.3. The summed E-state index contributed by atoms with van der Waals surface area (Å²) >= 11 is 0. The van der Waals surface area contributed by atoms with Crippen molar-refractivity contribution < 1.29 is 31.3 Å². The Bertz CT molecular complexity index is 217. The average molecular weight is 444 g/mol. The molecule has 0 N–H and O–H groups in total. The molecular weight excluding hydrogens is 408 g/mol. The molecule has 1 aliphatic rings. The van der Waals surface area contributed by atoms with E-state index in [-0.39, 0.29) is 38.9 Å². The summed E-state index contributed by atoms with van der Waals surface area (Å²) < 4.78 is 30.9. The molecule has 0 aliphatic heterocycles. The number of rotatable bonds is 3. The van der Waals surface area contributed by atoms with E-state index >= 15 is 0 Å². The quantitative estimate of drug-likeness (QED) is 0.345. The van der Waals surface area contributed by atoms with E-state index in [2.05, 4.69) is 16.0 Å². The van der Waals surface area contributed by atoms with E-state index in [0.29, 0.717) is 6.29 Å². The SMILES string of the molecule is C[N-]C.C[N-]C.[2H]C1C([2H])C([2H])C(P(C)C[N-]C)C1[2H].[CH3-].[Hf+4]. The van der Waals surface area contributed by atoms with Crippen LogP contribution in [-0.2, 0) is 25.8 Å². The maximum absolute atomic E-state index is 7.81. The van der Waals surface area contributed by atoms with Gasteiger partial charge in [0.15, 0.2) is 0 Å². The van der Waals surface area contributed by atoms with Crippen molar-refractivity contribution in [3.8, 4) is 0 Å². The summed E-state index contributed by atoms with van der Waals surface area (Å²) in [5.41, 5.74) is -0.0984. The zero-order valence-electron chi connectivity index (χ0n) is 16.9. The van der Waals surface area contributed by atoms with Crippen LogP contribution in [0.3, 0.4) is 0 Å². The summed E-state index contributed by atoms with van der Waals surface area (Å²) in [5, 5.41) is 11.0. The van der Waals surface area contributed by atoms with Crippen LogP contribution in [0.25, 0.3) is 16.0 Å². The first-order valence-electron chi connectivity index (χ1n) is 7.55. The first-order chi connectivity index (χ1) is 9.33. The number of hydrogen-bond acceptors (Lipinski definition) is 0. The van der Waals surface area contributed by atoms with Gasteiger partial charge in [-0.15, -0.1) is 14.2 Å². The van der Waals surface area contributed by atoms with Gasteiger partial charge in [-0.05, 0) is 25.1 Å². The summed E-state index contributed by atoms with van der Waals surface area (Å²) in [4.78, 5) is 0. The van der Waals surface area contributed by atoms with Gasteiger partial charge in [0, 0.05) is 5.48 Å². The molecule has 1 aliphatic carbocycles. The molecular formula is C13H32HfN3P. The predicted molar refractivity (Wildman–Crippen MR) is 86.1 cm³/mol. The van der Waals surface area contributed by atoms with Gasteiger partial charge in [-0.1, -0.05) is 12.8 Å². The Labute approximate surface area is 142 Å². The van der Waals surface area contributed by atoms with Crippen LogP contribution < -0.4 is 0 Å². The van der Waals surface area contributed by atoms with Crippen molar-refractivity contribution in [2.45, 2.75) is 31.2 Å². The molecule has 3 nitrogen and oxygen atoms in total. The standard InChI is InChI=1S/C8H17NP.2C2H6N.CH3.Hf/c1-9-7-10(2)8-5-3-4-6-8;2*1-3-2;;/h8H,3-7H2,1-2H3;2*1-2H3;1H3;/q4*-1;+4/i3D,4D,5D,6D;;;;. The average Bonchev–Trinajstić information content (AvgIpc) is 2.56. The Morgan fingerprint density at radius 1 is 1.06 bits per heavy atom. The molecule has 1 saturated carbocycles. The molecule has 0 spiro atoms. The van der Waals surface area contributed by atoms with Gasteiger partial charge < -0.3 is 23.4 Å². The fourth-order valence-electron chi connectivity index (χ4n) is 1.03. The number of hydrogen-bond donors (Lipinski definition) is 0. The van der Waals surface area contributed by atoms with E-state index < -0.39 is 33.5 Å². The monoisotopic (exact) mass is 445 g/mol. The van der Waals surface area contributed by atoms with Gasteiger partial charge in [0.2, 0.25) is 0 Å². The maximum atomic E-state index is 7.81. The second-order valence-corrected chi connectivity index (χ2v) is 5.76. The van der Waals surface area contributed by atoms with Crippen LogP contribution in [0, 0.1) is 7.43 Å². The molecule has 5 heteroatoms. The molecule has 0 aromatic rings. The largest absolute Gasteiger partial charge is 4.00 e. The Morgan fingerprint density at radius 3 is 1.67 bits per heavy atom. The molecule has 108 valence electrons. The van der Waals surface area contributed by atoms with Crippen LogP contribution in [0.4, 0.5) is 0 Å². The van der Waals surface area contributed by atoms with Crippen molar-refractivity contribution in [2.24, 2.45) is 0 Å². The Kier molecular flexibility index (Phi) is 22.3. The third-order valence-electron chi connectivity index (χ3n) is 1.60. The van der Waals surface area contributed by atoms with E-state index in [9.17, 15) is 0 Å². The summed E-state index contributed by atoms with van der Waals surface area (Å²) in [6.07, 6.45) is -1.83. The Morgan fingerprint density at radius 2 is 1.39 bits per heavy atom. The maximum Gasteiger partial charge on any atom is 4.00 e. The first kappa shape index (κ1) is 17.2. The number of nitrogens with zero attached hydrogens (tertiary/aromatic N) is 3. The minimum atomic E-state index is -0.704. The molecule has 5 atom stereocenters. The minimum absolute atomic E-state index is 0. The van der Waals surface area contributed by atoms with Crippen LogP contribution >= 0.6 is 7.92 Å². The molecule has 1 rings (SSSR count). The van der Waals surface area contributed by atoms with Crippen molar-refractivity contribution in [1.29, 1.82) is 0 Å². The Balaban J connectivity index is -0.000000176. The molecule has 0 heterocycles. The Hall–Kier alpha value is 1.18. The molecule has 0 aromatic heterocycles. The van der Waals surface area contributed by atoms with E-state index in [1.54, 1.807) is 35.2 Å². The van der Waals surface area contributed by atoms with Gasteiger partial charge in [0.25, 0.3) is 0 Å². The van der Waals surface area contributed by atoms with Crippen molar-refractivity contribution in [3.63, 3.8) is 0 Å². The second-order valence-electron chi connectivity index (χ2n) is 3.37. The molecule has 0 bridgehead atoms. The molecule has 0 saturated heterocycles. The van der Waals surface area contributed by atoms with Crippen molar-refractivity contribution in [2.75, 3.05) is 48.2 Å². The second kappa shape index (κ2) is 23.3.